The van der Waals surface area contributed by atoms with Gasteiger partial charge in [-0.3, -0.25) is 4.79 Å². The van der Waals surface area contributed by atoms with E-state index >= 15 is 0 Å². The first-order valence-electron chi connectivity index (χ1n) is 14.1. The fourth-order valence-electron chi connectivity index (χ4n) is 5.30. The first-order chi connectivity index (χ1) is 18.6. The lowest BCUT2D eigenvalue weighted by molar-refractivity contribution is -0.121. The molecule has 0 aromatic heterocycles. The van der Waals surface area contributed by atoms with Crippen molar-refractivity contribution in [2.75, 3.05) is 33.9 Å². The third kappa shape index (κ3) is 7.47. The summed E-state index contributed by atoms with van der Waals surface area (Å²) in [6.45, 7) is 10.7. The molecule has 2 aromatic carbocycles. The highest BCUT2D eigenvalue weighted by atomic mass is 16.5. The first-order valence-corrected chi connectivity index (χ1v) is 14.1. The summed E-state index contributed by atoms with van der Waals surface area (Å²) in [5, 5.41) is 6.10. The number of ether oxygens (including phenoxy) is 4. The smallest absolute Gasteiger partial charge is 0.220 e. The van der Waals surface area contributed by atoms with Crippen LogP contribution >= 0.6 is 0 Å². The molecule has 0 bridgehead atoms. The number of nitrogens with one attached hydrogen (secondary N) is 2. The Kier molecular flexibility index (Phi) is 9.11. The maximum absolute atomic E-state index is 12.1. The molecule has 2 aliphatic rings. The molecule has 2 N–H and O–H groups in total. The van der Waals surface area contributed by atoms with Gasteiger partial charge >= 0.3 is 0 Å². The van der Waals surface area contributed by atoms with E-state index in [4.69, 9.17) is 18.9 Å². The summed E-state index contributed by atoms with van der Waals surface area (Å²) >= 11 is 0. The Labute approximate surface area is 233 Å². The molecule has 4 rings (SSSR count). The topological polar surface area (TPSA) is 78.1 Å². The number of hydrogen-bond donors (Lipinski definition) is 2. The first kappa shape index (κ1) is 28.8. The van der Waals surface area contributed by atoms with E-state index in [1.807, 2.05) is 31.3 Å². The van der Waals surface area contributed by atoms with E-state index in [0.717, 1.165) is 72.9 Å². The average Bonchev–Trinajstić information content (AvgIpc) is 2.88. The monoisotopic (exact) mass is 536 g/mol. The highest BCUT2D eigenvalue weighted by Crippen LogP contribution is 2.50. The number of rotatable bonds is 11. The Morgan fingerprint density at radius 2 is 1.41 bits per heavy atom. The Bertz CT molecular complexity index is 1200. The van der Waals surface area contributed by atoms with E-state index in [-0.39, 0.29) is 17.1 Å². The molecule has 2 aromatic rings. The molecule has 39 heavy (non-hydrogen) atoms. The number of carbonyl (C=O) groups is 1. The van der Waals surface area contributed by atoms with Gasteiger partial charge in [0.05, 0.1) is 13.7 Å². The summed E-state index contributed by atoms with van der Waals surface area (Å²) in [7, 11) is 3.61. The van der Waals surface area contributed by atoms with E-state index in [9.17, 15) is 4.79 Å². The number of benzene rings is 2. The van der Waals surface area contributed by atoms with E-state index in [1.54, 1.807) is 7.11 Å². The van der Waals surface area contributed by atoms with Crippen LogP contribution in [-0.2, 0) is 4.79 Å². The number of hydrogen-bond acceptors (Lipinski definition) is 6. The van der Waals surface area contributed by atoms with Crippen molar-refractivity contribution in [3.63, 3.8) is 0 Å². The van der Waals surface area contributed by atoms with Gasteiger partial charge in [0.25, 0.3) is 0 Å². The molecular formula is C32H44N2O5. The highest BCUT2D eigenvalue weighted by Gasteiger charge is 2.37. The molecule has 7 heteroatoms. The molecule has 7 nitrogen and oxygen atoms in total. The molecular weight excluding hydrogens is 492 g/mol. The SMILES string of the molecule is CNCCCCNC(=O)CCCOc1ccc2c(c1)OC(C)(C)C/C2=C1/CC(C)(C)Oc2cc(OC)ccc21. The molecule has 0 unspecified atom stereocenters. The van der Waals surface area contributed by atoms with Gasteiger partial charge in [-0.15, -0.1) is 0 Å². The predicted molar refractivity (Wildman–Crippen MR) is 156 cm³/mol. The Hall–Kier alpha value is -3.19. The van der Waals surface area contributed by atoms with E-state index < -0.39 is 0 Å². The number of unbranched alkanes of at least 4 members (excludes halogenated alkanes) is 1. The lowest BCUT2D eigenvalue weighted by atomic mass is 9.79. The predicted octanol–water partition coefficient (Wildman–Crippen LogP) is 6.00. The molecule has 0 saturated heterocycles. The fraction of sp³-hybridized carbons (Fsp3) is 0.531. The van der Waals surface area contributed by atoms with Crippen molar-refractivity contribution >= 4 is 17.1 Å². The van der Waals surface area contributed by atoms with Crippen molar-refractivity contribution in [2.45, 2.75) is 77.4 Å². The van der Waals surface area contributed by atoms with Crippen molar-refractivity contribution in [3.8, 4) is 23.0 Å². The van der Waals surface area contributed by atoms with Gasteiger partial charge in [0.1, 0.15) is 34.2 Å². The number of fused-ring (bicyclic) bond motifs is 2. The molecule has 0 aliphatic carbocycles. The largest absolute Gasteiger partial charge is 0.497 e. The van der Waals surface area contributed by atoms with Crippen LogP contribution in [0.1, 0.15) is 77.3 Å². The molecule has 0 saturated carbocycles. The zero-order valence-electron chi connectivity index (χ0n) is 24.4. The zero-order valence-corrected chi connectivity index (χ0v) is 24.4. The molecule has 0 spiro atoms. The van der Waals surface area contributed by atoms with Gasteiger partial charge in [-0.05, 0) is 96.0 Å². The number of methoxy groups -OCH3 is 1. The Morgan fingerprint density at radius 1 is 0.846 bits per heavy atom. The van der Waals surface area contributed by atoms with Crippen LogP contribution in [0.2, 0.25) is 0 Å². The van der Waals surface area contributed by atoms with E-state index in [0.29, 0.717) is 19.4 Å². The standard InChI is InChI=1S/C32H44N2O5/c1-31(2)20-26(24-13-11-22(36-6)18-28(24)38-31)27-21-32(3,4)39-29-19-23(12-14-25(27)29)37-17-9-10-30(35)34-16-8-7-15-33-5/h11-14,18-19,33H,7-10,15-17,20-21H2,1-6H3,(H,34,35)/b27-26+. The lowest BCUT2D eigenvalue weighted by Gasteiger charge is -2.39. The average molecular weight is 537 g/mol. The van der Waals surface area contributed by atoms with Crippen molar-refractivity contribution in [3.05, 3.63) is 47.5 Å². The van der Waals surface area contributed by atoms with Gasteiger partial charge in [-0.25, -0.2) is 0 Å². The number of carbonyl (C=O) groups excluding carboxylic acids is 1. The summed E-state index contributed by atoms with van der Waals surface area (Å²) in [5.74, 6) is 3.28. The van der Waals surface area contributed by atoms with Crippen molar-refractivity contribution in [2.24, 2.45) is 0 Å². The summed E-state index contributed by atoms with van der Waals surface area (Å²) in [5.41, 5.74) is 4.05. The van der Waals surface area contributed by atoms with E-state index in [2.05, 4.69) is 50.5 Å². The van der Waals surface area contributed by atoms with Crippen molar-refractivity contribution in [1.29, 1.82) is 0 Å². The van der Waals surface area contributed by atoms with Gasteiger partial charge in [0.2, 0.25) is 5.91 Å². The van der Waals surface area contributed by atoms with Crippen LogP contribution in [0, 0.1) is 0 Å². The van der Waals surface area contributed by atoms with Crippen LogP contribution in [0.4, 0.5) is 0 Å². The van der Waals surface area contributed by atoms with Crippen molar-refractivity contribution in [1.82, 2.24) is 10.6 Å². The fourth-order valence-corrected chi connectivity index (χ4v) is 5.30. The minimum atomic E-state index is -0.367. The summed E-state index contributed by atoms with van der Waals surface area (Å²) in [4.78, 5) is 12.1. The van der Waals surface area contributed by atoms with Gasteiger partial charge in [0.15, 0.2) is 0 Å². The van der Waals surface area contributed by atoms with Crippen LogP contribution in [0.25, 0.3) is 11.1 Å². The minimum Gasteiger partial charge on any atom is -0.497 e. The van der Waals surface area contributed by atoms with Gasteiger partial charge < -0.3 is 29.6 Å². The van der Waals surface area contributed by atoms with Gasteiger partial charge in [0, 0.05) is 49.1 Å². The normalized spacial score (nSPS) is 18.7. The van der Waals surface area contributed by atoms with Crippen molar-refractivity contribution < 1.29 is 23.7 Å². The lowest BCUT2D eigenvalue weighted by Crippen LogP contribution is -2.35. The highest BCUT2D eigenvalue weighted by molar-refractivity contribution is 5.96. The molecule has 0 fully saturated rings. The second-order valence-electron chi connectivity index (χ2n) is 11.7. The van der Waals surface area contributed by atoms with E-state index in [1.165, 1.54) is 11.1 Å². The quantitative estimate of drug-likeness (QED) is 0.343. The molecule has 0 radical (unpaired) electrons. The van der Waals surface area contributed by atoms with Crippen LogP contribution in [0.3, 0.4) is 0 Å². The maximum atomic E-state index is 12.1. The Balaban J connectivity index is 1.49. The third-order valence-electron chi connectivity index (χ3n) is 7.13. The molecule has 1 amide bonds. The van der Waals surface area contributed by atoms with Crippen LogP contribution in [0.15, 0.2) is 36.4 Å². The van der Waals surface area contributed by atoms with Crippen LogP contribution < -0.4 is 29.6 Å². The maximum Gasteiger partial charge on any atom is 0.220 e. The molecule has 212 valence electrons. The second-order valence-corrected chi connectivity index (χ2v) is 11.7. The second kappa shape index (κ2) is 12.3. The molecule has 0 atom stereocenters. The van der Waals surface area contributed by atoms with Gasteiger partial charge in [-0.1, -0.05) is 0 Å². The third-order valence-corrected chi connectivity index (χ3v) is 7.13. The van der Waals surface area contributed by atoms with Crippen LogP contribution in [-0.4, -0.2) is 51.0 Å². The molecule has 2 heterocycles. The van der Waals surface area contributed by atoms with Crippen LogP contribution in [0.5, 0.6) is 23.0 Å². The zero-order chi connectivity index (χ0) is 28.0. The Morgan fingerprint density at radius 3 is 2.00 bits per heavy atom. The summed E-state index contributed by atoms with van der Waals surface area (Å²) < 4.78 is 24.3. The van der Waals surface area contributed by atoms with Gasteiger partial charge in [-0.2, -0.15) is 0 Å². The summed E-state index contributed by atoms with van der Waals surface area (Å²) in [6.07, 6.45) is 4.75. The minimum absolute atomic E-state index is 0.0761. The number of amides is 1. The molecule has 2 aliphatic heterocycles. The summed E-state index contributed by atoms with van der Waals surface area (Å²) in [6, 6.07) is 12.2.